The molecule has 1 aliphatic carbocycles. The van der Waals surface area contributed by atoms with Gasteiger partial charge >= 0.3 is 0 Å². The van der Waals surface area contributed by atoms with E-state index in [1.807, 2.05) is 0 Å². The largest absolute Gasteiger partial charge is 0.354 e. The fourth-order valence-corrected chi connectivity index (χ4v) is 5.94. The van der Waals surface area contributed by atoms with Gasteiger partial charge in [-0.3, -0.25) is 0 Å². The van der Waals surface area contributed by atoms with E-state index < -0.39 is 0 Å². The highest BCUT2D eigenvalue weighted by atomic mass is 14.7. The lowest BCUT2D eigenvalue weighted by Gasteiger charge is -2.22. The summed E-state index contributed by atoms with van der Waals surface area (Å²) in [5.41, 5.74) is 13.0. The molecule has 0 bridgehead atoms. The molecule has 34 heavy (non-hydrogen) atoms. The molecule has 1 nitrogen and oxygen atoms in total. The minimum absolute atomic E-state index is 0.00588. The van der Waals surface area contributed by atoms with Gasteiger partial charge in [0.1, 0.15) is 0 Å². The van der Waals surface area contributed by atoms with Crippen molar-refractivity contribution < 1.29 is 0 Å². The van der Waals surface area contributed by atoms with Crippen molar-refractivity contribution in [1.82, 2.24) is 4.98 Å². The van der Waals surface area contributed by atoms with Gasteiger partial charge in [-0.15, -0.1) is 0 Å². The zero-order valence-corrected chi connectivity index (χ0v) is 19.4. The Morgan fingerprint density at radius 3 is 2.03 bits per heavy atom. The predicted octanol–water partition coefficient (Wildman–Crippen LogP) is 8.96. The number of aromatic nitrogens is 1. The van der Waals surface area contributed by atoms with Crippen LogP contribution in [0.1, 0.15) is 25.0 Å². The normalized spacial score (nSPS) is 13.8. The van der Waals surface area contributed by atoms with E-state index in [2.05, 4.69) is 128 Å². The van der Waals surface area contributed by atoms with E-state index in [0.29, 0.717) is 0 Å². The first-order chi connectivity index (χ1) is 16.6. The third-order valence-corrected chi connectivity index (χ3v) is 7.65. The van der Waals surface area contributed by atoms with Gasteiger partial charge in [-0.25, -0.2) is 0 Å². The van der Waals surface area contributed by atoms with Crippen molar-refractivity contribution in [2.45, 2.75) is 19.3 Å². The van der Waals surface area contributed by atoms with E-state index in [1.54, 1.807) is 0 Å². The molecular weight excluding hydrogens is 410 g/mol. The monoisotopic (exact) mass is 435 g/mol. The maximum Gasteiger partial charge on any atom is 0.0544 e. The number of fused-ring (bicyclic) bond motifs is 6. The standard InChI is InChI=1S/C33H25N/c1-33(2)29-16-7-5-12-24(29)25-19-18-21(20-30(25)33)22-10-3-4-11-23(22)27-14-9-15-28-26-13-6-8-17-31(26)34-32(27)28/h3-20,34H,1-2H3. The zero-order chi connectivity index (χ0) is 22.9. The summed E-state index contributed by atoms with van der Waals surface area (Å²) in [6.07, 6.45) is 0. The van der Waals surface area contributed by atoms with Crippen LogP contribution in [0.5, 0.6) is 0 Å². The summed E-state index contributed by atoms with van der Waals surface area (Å²) in [5.74, 6) is 0. The molecule has 0 aliphatic heterocycles. The number of rotatable bonds is 2. The van der Waals surface area contributed by atoms with E-state index >= 15 is 0 Å². The molecule has 0 saturated heterocycles. The van der Waals surface area contributed by atoms with E-state index in [0.717, 1.165) is 0 Å². The first-order valence-corrected chi connectivity index (χ1v) is 12.0. The molecule has 1 aliphatic rings. The van der Waals surface area contributed by atoms with E-state index in [9.17, 15) is 0 Å². The molecule has 1 aromatic heterocycles. The molecule has 6 aromatic rings. The van der Waals surface area contributed by atoms with Gasteiger partial charge in [0.25, 0.3) is 0 Å². The van der Waals surface area contributed by atoms with Crippen LogP contribution in [0.15, 0.2) is 109 Å². The van der Waals surface area contributed by atoms with Gasteiger partial charge in [-0.1, -0.05) is 111 Å². The van der Waals surface area contributed by atoms with Crippen molar-refractivity contribution in [3.63, 3.8) is 0 Å². The fourth-order valence-electron chi connectivity index (χ4n) is 5.94. The van der Waals surface area contributed by atoms with Gasteiger partial charge < -0.3 is 4.98 Å². The molecule has 1 N–H and O–H groups in total. The number of benzene rings is 5. The third-order valence-electron chi connectivity index (χ3n) is 7.65. The average molecular weight is 436 g/mol. The molecule has 7 rings (SSSR count). The smallest absolute Gasteiger partial charge is 0.0544 e. The lowest BCUT2D eigenvalue weighted by atomic mass is 9.81. The van der Waals surface area contributed by atoms with Crippen LogP contribution in [-0.4, -0.2) is 4.98 Å². The molecule has 1 heteroatoms. The zero-order valence-electron chi connectivity index (χ0n) is 19.4. The molecule has 0 radical (unpaired) electrons. The van der Waals surface area contributed by atoms with Crippen molar-refractivity contribution in [3.05, 3.63) is 120 Å². The highest BCUT2D eigenvalue weighted by Gasteiger charge is 2.35. The first kappa shape index (κ1) is 19.4. The van der Waals surface area contributed by atoms with E-state index in [1.165, 1.54) is 66.3 Å². The Morgan fingerprint density at radius 2 is 1.15 bits per heavy atom. The summed E-state index contributed by atoms with van der Waals surface area (Å²) >= 11 is 0. The molecular formula is C33H25N. The summed E-state index contributed by atoms with van der Waals surface area (Å²) < 4.78 is 0. The molecule has 1 heterocycles. The van der Waals surface area contributed by atoms with Gasteiger partial charge in [-0.05, 0) is 51.1 Å². The van der Waals surface area contributed by atoms with Gasteiger partial charge in [0.2, 0.25) is 0 Å². The summed E-state index contributed by atoms with van der Waals surface area (Å²) in [6.45, 7) is 4.69. The third kappa shape index (κ3) is 2.61. The fraction of sp³-hybridized carbons (Fsp3) is 0.0909. The van der Waals surface area contributed by atoms with Gasteiger partial charge in [0.05, 0.1) is 5.52 Å². The molecule has 0 fully saturated rings. The first-order valence-electron chi connectivity index (χ1n) is 12.0. The van der Waals surface area contributed by atoms with Crippen molar-refractivity contribution >= 4 is 21.8 Å². The molecule has 0 atom stereocenters. The second-order valence-electron chi connectivity index (χ2n) is 9.88. The SMILES string of the molecule is CC1(C)c2ccccc2-c2ccc(-c3ccccc3-c3cccc4c3[nH]c3ccccc34)cc21. The van der Waals surface area contributed by atoms with Crippen molar-refractivity contribution in [2.24, 2.45) is 0 Å². The van der Waals surface area contributed by atoms with Crippen LogP contribution < -0.4 is 0 Å². The molecule has 0 amide bonds. The topological polar surface area (TPSA) is 15.8 Å². The number of H-pyrrole nitrogens is 1. The molecule has 0 spiro atoms. The molecule has 0 unspecified atom stereocenters. The quantitative estimate of drug-likeness (QED) is 0.279. The Morgan fingerprint density at radius 1 is 0.500 bits per heavy atom. The van der Waals surface area contributed by atoms with Crippen molar-refractivity contribution in [1.29, 1.82) is 0 Å². The van der Waals surface area contributed by atoms with Crippen LogP contribution in [0.2, 0.25) is 0 Å². The minimum atomic E-state index is -0.00588. The van der Waals surface area contributed by atoms with Crippen LogP contribution in [-0.2, 0) is 5.41 Å². The van der Waals surface area contributed by atoms with Crippen LogP contribution in [0, 0.1) is 0 Å². The predicted molar refractivity (Wildman–Crippen MR) is 144 cm³/mol. The lowest BCUT2D eigenvalue weighted by molar-refractivity contribution is 0.660. The summed E-state index contributed by atoms with van der Waals surface area (Å²) in [4.78, 5) is 3.69. The number of hydrogen-bond donors (Lipinski definition) is 1. The summed E-state index contributed by atoms with van der Waals surface area (Å²) in [7, 11) is 0. The maximum atomic E-state index is 3.69. The number of para-hydroxylation sites is 2. The van der Waals surface area contributed by atoms with Crippen LogP contribution in [0.4, 0.5) is 0 Å². The number of nitrogens with one attached hydrogen (secondary N) is 1. The van der Waals surface area contributed by atoms with E-state index in [4.69, 9.17) is 0 Å². The summed E-state index contributed by atoms with van der Waals surface area (Å²) in [5, 5.41) is 2.54. The highest BCUT2D eigenvalue weighted by molar-refractivity contribution is 6.12. The minimum Gasteiger partial charge on any atom is -0.354 e. The summed E-state index contributed by atoms with van der Waals surface area (Å²) in [6, 6.07) is 39.9. The maximum absolute atomic E-state index is 3.69. The van der Waals surface area contributed by atoms with Crippen molar-refractivity contribution in [3.8, 4) is 33.4 Å². The molecule has 5 aromatic carbocycles. The average Bonchev–Trinajstić information content (AvgIpc) is 3.37. The van der Waals surface area contributed by atoms with Crippen molar-refractivity contribution in [2.75, 3.05) is 0 Å². The van der Waals surface area contributed by atoms with Crippen LogP contribution in [0.3, 0.4) is 0 Å². The Hall–Kier alpha value is -4.10. The highest BCUT2D eigenvalue weighted by Crippen LogP contribution is 2.50. The Kier molecular flexibility index (Phi) is 3.96. The Balaban J connectivity index is 1.45. The van der Waals surface area contributed by atoms with Crippen LogP contribution >= 0.6 is 0 Å². The molecule has 0 saturated carbocycles. The molecule has 162 valence electrons. The number of hydrogen-bond acceptors (Lipinski definition) is 0. The van der Waals surface area contributed by atoms with Crippen LogP contribution in [0.25, 0.3) is 55.2 Å². The van der Waals surface area contributed by atoms with E-state index in [-0.39, 0.29) is 5.41 Å². The second-order valence-corrected chi connectivity index (χ2v) is 9.88. The van der Waals surface area contributed by atoms with Gasteiger partial charge in [0, 0.05) is 27.3 Å². The Bertz CT molecular complexity index is 1730. The lowest BCUT2D eigenvalue weighted by Crippen LogP contribution is -2.14. The van der Waals surface area contributed by atoms with Gasteiger partial charge in [-0.2, -0.15) is 0 Å². The number of aromatic amines is 1. The second kappa shape index (κ2) is 6.95. The Labute approximate surface area is 199 Å². The van der Waals surface area contributed by atoms with Gasteiger partial charge in [0.15, 0.2) is 0 Å².